The van der Waals surface area contributed by atoms with E-state index in [4.69, 9.17) is 21.1 Å². The molecule has 34 heavy (non-hydrogen) atoms. The van der Waals surface area contributed by atoms with Crippen molar-refractivity contribution in [1.82, 2.24) is 25.9 Å². The molecule has 1 aromatic heterocycles. The Kier molecular flexibility index (Phi) is 11.5. The number of aliphatic carboxylic acids is 3. The number of nitrogens with two attached hydrogens (primary N) is 1. The van der Waals surface area contributed by atoms with Crippen molar-refractivity contribution in [3.8, 4) is 0 Å². The van der Waals surface area contributed by atoms with Gasteiger partial charge < -0.3 is 42.0 Å². The van der Waals surface area contributed by atoms with Gasteiger partial charge in [0.25, 0.3) is 0 Å². The lowest BCUT2D eigenvalue weighted by Crippen LogP contribution is -2.58. The Morgan fingerprint density at radius 3 is 2.03 bits per heavy atom. The van der Waals surface area contributed by atoms with Crippen molar-refractivity contribution in [3.05, 3.63) is 18.2 Å². The summed E-state index contributed by atoms with van der Waals surface area (Å²) in [5.74, 6) is -7.22. The number of aromatic nitrogens is 2. The number of imidazole rings is 1. The largest absolute Gasteiger partial charge is 0.481 e. The number of amides is 3. The molecule has 4 atom stereocenters. The topological polar surface area (TPSA) is 254 Å². The van der Waals surface area contributed by atoms with Crippen LogP contribution < -0.4 is 21.7 Å². The number of carbonyl (C=O) groups excluding carboxylic acids is 3. The molecule has 0 aliphatic rings. The number of carboxylic acid groups (broad SMARTS) is 3. The maximum atomic E-state index is 12.9. The molecule has 3 amide bonds. The first-order chi connectivity index (χ1) is 15.9. The highest BCUT2D eigenvalue weighted by Gasteiger charge is 2.31. The molecule has 0 aromatic carbocycles. The zero-order valence-electron chi connectivity index (χ0n) is 17.8. The molecule has 4 unspecified atom stereocenters. The van der Waals surface area contributed by atoms with Gasteiger partial charge in [0.15, 0.2) is 0 Å². The van der Waals surface area contributed by atoms with Crippen LogP contribution in [0.25, 0.3) is 0 Å². The van der Waals surface area contributed by atoms with E-state index in [-0.39, 0.29) is 25.0 Å². The van der Waals surface area contributed by atoms with Gasteiger partial charge in [0.2, 0.25) is 17.7 Å². The number of carboxylic acids is 3. The predicted molar refractivity (Wildman–Crippen MR) is 117 cm³/mol. The van der Waals surface area contributed by atoms with E-state index >= 15 is 0 Å². The number of hydrogen-bond donors (Lipinski definition) is 9. The van der Waals surface area contributed by atoms with Gasteiger partial charge in [-0.25, -0.2) is 9.78 Å². The fourth-order valence-corrected chi connectivity index (χ4v) is 2.88. The molecule has 0 bridgehead atoms. The summed E-state index contributed by atoms with van der Waals surface area (Å²) < 4.78 is 0. The van der Waals surface area contributed by atoms with E-state index < -0.39 is 66.2 Å². The number of thiol groups is 1. The number of nitrogens with one attached hydrogen (secondary N) is 4. The van der Waals surface area contributed by atoms with Crippen LogP contribution in [0.15, 0.2) is 12.5 Å². The molecule has 188 valence electrons. The first-order valence-corrected chi connectivity index (χ1v) is 10.5. The number of H-pyrrole nitrogens is 1. The lowest BCUT2D eigenvalue weighted by atomic mass is 10.1. The van der Waals surface area contributed by atoms with Crippen LogP contribution >= 0.6 is 12.6 Å². The van der Waals surface area contributed by atoms with E-state index in [1.165, 1.54) is 12.5 Å². The number of carbonyl (C=O) groups is 6. The first kappa shape index (κ1) is 28.4. The summed E-state index contributed by atoms with van der Waals surface area (Å²) in [6, 6.07) is -5.71. The minimum absolute atomic E-state index is 0.154. The highest BCUT2D eigenvalue weighted by Crippen LogP contribution is 2.04. The van der Waals surface area contributed by atoms with Gasteiger partial charge in [-0.2, -0.15) is 12.6 Å². The Bertz CT molecular complexity index is 894. The first-order valence-electron chi connectivity index (χ1n) is 9.85. The molecule has 16 heteroatoms. The molecular formula is C18H26N6O9S. The smallest absolute Gasteiger partial charge is 0.327 e. The van der Waals surface area contributed by atoms with Crippen LogP contribution in [0.4, 0.5) is 0 Å². The third-order valence-corrected chi connectivity index (χ3v) is 4.79. The maximum Gasteiger partial charge on any atom is 0.327 e. The zero-order valence-corrected chi connectivity index (χ0v) is 18.7. The van der Waals surface area contributed by atoms with Gasteiger partial charge in [0, 0.05) is 30.5 Å². The SMILES string of the molecule is NC(CCC(=O)O)C(=O)NC(Cc1cnc[nH]1)C(=O)NC(CC(=O)O)C(=O)NC(CS)C(=O)O. The second-order valence-corrected chi connectivity index (χ2v) is 7.49. The normalized spacial score (nSPS) is 14.2. The summed E-state index contributed by atoms with van der Waals surface area (Å²) in [5.41, 5.74) is 6.07. The van der Waals surface area contributed by atoms with E-state index in [1.54, 1.807) is 0 Å². The Hall–Kier alpha value is -3.66. The number of hydrogen-bond acceptors (Lipinski definition) is 9. The van der Waals surface area contributed by atoms with Crippen LogP contribution in [-0.4, -0.2) is 90.8 Å². The van der Waals surface area contributed by atoms with Crippen molar-refractivity contribution < 1.29 is 44.1 Å². The van der Waals surface area contributed by atoms with Crippen molar-refractivity contribution in [2.24, 2.45) is 5.73 Å². The summed E-state index contributed by atoms with van der Waals surface area (Å²) >= 11 is 3.80. The zero-order chi connectivity index (χ0) is 25.8. The molecule has 15 nitrogen and oxygen atoms in total. The van der Waals surface area contributed by atoms with Crippen LogP contribution in [0, 0.1) is 0 Å². The third kappa shape index (κ3) is 9.86. The molecule has 0 radical (unpaired) electrons. The molecule has 0 aliphatic heterocycles. The molecule has 0 aliphatic carbocycles. The Balaban J connectivity index is 3.01. The standard InChI is InChI=1S/C18H26N6O9S/c19-9(1-2-13(25)26)15(29)22-10(3-8-5-20-7-21-8)16(30)23-11(4-14(27)28)17(31)24-12(6-34)18(32)33/h5,7,9-12,34H,1-4,6,19H2,(H,20,21)(H,22,29)(H,23,30)(H,24,31)(H,25,26)(H,27,28)(H,32,33). The average Bonchev–Trinajstić information content (AvgIpc) is 3.26. The van der Waals surface area contributed by atoms with Gasteiger partial charge in [-0.3, -0.25) is 24.0 Å². The number of aromatic amines is 1. The molecule has 0 saturated carbocycles. The van der Waals surface area contributed by atoms with Gasteiger partial charge in [0.05, 0.1) is 18.8 Å². The van der Waals surface area contributed by atoms with Gasteiger partial charge in [0.1, 0.15) is 18.1 Å². The second kappa shape index (κ2) is 13.8. The van der Waals surface area contributed by atoms with E-state index in [1.807, 2.05) is 0 Å². The van der Waals surface area contributed by atoms with Crippen molar-refractivity contribution in [2.75, 3.05) is 5.75 Å². The molecule has 1 aromatic rings. The van der Waals surface area contributed by atoms with Crippen molar-refractivity contribution in [1.29, 1.82) is 0 Å². The third-order valence-electron chi connectivity index (χ3n) is 4.43. The second-order valence-electron chi connectivity index (χ2n) is 7.12. The average molecular weight is 503 g/mol. The minimum Gasteiger partial charge on any atom is -0.481 e. The Morgan fingerprint density at radius 2 is 1.53 bits per heavy atom. The quantitative estimate of drug-likeness (QED) is 0.110. The molecule has 0 saturated heterocycles. The highest BCUT2D eigenvalue weighted by molar-refractivity contribution is 7.80. The van der Waals surface area contributed by atoms with Crippen LogP contribution in [0.2, 0.25) is 0 Å². The van der Waals surface area contributed by atoms with Crippen molar-refractivity contribution >= 4 is 48.3 Å². The summed E-state index contributed by atoms with van der Waals surface area (Å²) in [7, 11) is 0. The Labute approximate surface area is 198 Å². The van der Waals surface area contributed by atoms with Crippen LogP contribution in [-0.2, 0) is 35.2 Å². The van der Waals surface area contributed by atoms with E-state index in [2.05, 4.69) is 38.5 Å². The lowest BCUT2D eigenvalue weighted by Gasteiger charge is -2.24. The highest BCUT2D eigenvalue weighted by atomic mass is 32.1. The predicted octanol–water partition coefficient (Wildman–Crippen LogP) is -2.91. The maximum absolute atomic E-state index is 12.9. The summed E-state index contributed by atoms with van der Waals surface area (Å²) in [5, 5.41) is 33.5. The fraction of sp³-hybridized carbons (Fsp3) is 0.500. The summed E-state index contributed by atoms with van der Waals surface area (Å²) in [4.78, 5) is 77.2. The summed E-state index contributed by atoms with van der Waals surface area (Å²) in [6.07, 6.45) is 1.06. The van der Waals surface area contributed by atoms with Gasteiger partial charge >= 0.3 is 17.9 Å². The Morgan fingerprint density at radius 1 is 0.941 bits per heavy atom. The molecule has 1 rings (SSSR count). The molecule has 0 spiro atoms. The van der Waals surface area contributed by atoms with Gasteiger partial charge in [-0.15, -0.1) is 0 Å². The van der Waals surface area contributed by atoms with Gasteiger partial charge in [-0.05, 0) is 6.42 Å². The fourth-order valence-electron chi connectivity index (χ4n) is 2.63. The summed E-state index contributed by atoms with van der Waals surface area (Å²) in [6.45, 7) is 0. The van der Waals surface area contributed by atoms with E-state index in [0.29, 0.717) is 5.69 Å². The minimum atomic E-state index is -1.67. The molecule has 9 N–H and O–H groups in total. The van der Waals surface area contributed by atoms with Crippen molar-refractivity contribution in [3.63, 3.8) is 0 Å². The lowest BCUT2D eigenvalue weighted by molar-refractivity contribution is -0.143. The monoisotopic (exact) mass is 502 g/mol. The van der Waals surface area contributed by atoms with Crippen LogP contribution in [0.3, 0.4) is 0 Å². The van der Waals surface area contributed by atoms with Crippen molar-refractivity contribution in [2.45, 2.75) is 49.9 Å². The number of nitrogens with zero attached hydrogens (tertiary/aromatic N) is 1. The molecule has 0 fully saturated rings. The van der Waals surface area contributed by atoms with Crippen LogP contribution in [0.1, 0.15) is 25.0 Å². The molecular weight excluding hydrogens is 476 g/mol. The van der Waals surface area contributed by atoms with Crippen LogP contribution in [0.5, 0.6) is 0 Å². The van der Waals surface area contributed by atoms with E-state index in [9.17, 15) is 28.8 Å². The van der Waals surface area contributed by atoms with Gasteiger partial charge in [-0.1, -0.05) is 0 Å². The van der Waals surface area contributed by atoms with E-state index in [0.717, 1.165) is 0 Å². The molecule has 1 heterocycles. The number of rotatable bonds is 15.